The maximum atomic E-state index is 11.6. The minimum atomic E-state index is -0.756. The summed E-state index contributed by atoms with van der Waals surface area (Å²) in [4.78, 5) is 17.8. The SMILES string of the molecule is O=C(O)C1CC2CCCC3=C2N1C=CC=NC=C1NN=CC13. The number of rotatable bonds is 1. The molecule has 4 aliphatic rings. The zero-order valence-corrected chi connectivity index (χ0v) is 12.1. The van der Waals surface area contributed by atoms with Crippen molar-refractivity contribution in [3.05, 3.63) is 35.4 Å². The molecule has 0 spiro atoms. The van der Waals surface area contributed by atoms with Crippen molar-refractivity contribution in [2.75, 3.05) is 0 Å². The first-order chi connectivity index (χ1) is 10.8. The van der Waals surface area contributed by atoms with Crippen LogP contribution in [0.5, 0.6) is 0 Å². The second-order valence-corrected chi connectivity index (χ2v) is 6.09. The van der Waals surface area contributed by atoms with Crippen molar-refractivity contribution in [1.29, 1.82) is 0 Å². The maximum absolute atomic E-state index is 11.6. The first kappa shape index (κ1) is 13.3. The monoisotopic (exact) mass is 298 g/mol. The lowest BCUT2D eigenvalue weighted by molar-refractivity contribution is -0.141. The molecule has 0 saturated carbocycles. The summed E-state index contributed by atoms with van der Waals surface area (Å²) in [6.07, 6.45) is 12.9. The van der Waals surface area contributed by atoms with Crippen molar-refractivity contribution in [3.8, 4) is 0 Å². The highest BCUT2D eigenvalue weighted by atomic mass is 16.4. The van der Waals surface area contributed by atoms with E-state index in [1.807, 2.05) is 23.4 Å². The molecule has 0 bridgehead atoms. The van der Waals surface area contributed by atoms with Gasteiger partial charge in [-0.25, -0.2) is 4.79 Å². The molecule has 1 fully saturated rings. The van der Waals surface area contributed by atoms with Crippen LogP contribution < -0.4 is 5.43 Å². The Balaban J connectivity index is 1.87. The van der Waals surface area contributed by atoms with Crippen molar-refractivity contribution >= 4 is 18.4 Å². The number of hydrogen-bond acceptors (Lipinski definition) is 5. The maximum Gasteiger partial charge on any atom is 0.326 e. The molecule has 2 N–H and O–H groups in total. The molecule has 1 saturated heterocycles. The molecule has 3 unspecified atom stereocenters. The third-order valence-corrected chi connectivity index (χ3v) is 4.88. The van der Waals surface area contributed by atoms with E-state index in [4.69, 9.17) is 0 Å². The molecule has 0 radical (unpaired) electrons. The summed E-state index contributed by atoms with van der Waals surface area (Å²) < 4.78 is 0. The van der Waals surface area contributed by atoms with Crippen LogP contribution in [0.4, 0.5) is 0 Å². The van der Waals surface area contributed by atoms with Crippen LogP contribution in [0.3, 0.4) is 0 Å². The summed E-state index contributed by atoms with van der Waals surface area (Å²) in [6, 6.07) is -0.476. The second kappa shape index (κ2) is 5.12. The van der Waals surface area contributed by atoms with Gasteiger partial charge in [0.1, 0.15) is 6.04 Å². The Labute approximate surface area is 128 Å². The predicted octanol–water partition coefficient (Wildman–Crippen LogP) is 1.84. The predicted molar refractivity (Wildman–Crippen MR) is 83.1 cm³/mol. The smallest absolute Gasteiger partial charge is 0.326 e. The minimum absolute atomic E-state index is 0.0940. The van der Waals surface area contributed by atoms with Gasteiger partial charge in [0.25, 0.3) is 0 Å². The summed E-state index contributed by atoms with van der Waals surface area (Å²) in [5, 5.41) is 13.7. The van der Waals surface area contributed by atoms with Gasteiger partial charge in [-0.15, -0.1) is 0 Å². The Bertz CT molecular complexity index is 659. The van der Waals surface area contributed by atoms with Gasteiger partial charge in [0.2, 0.25) is 0 Å². The number of carbonyl (C=O) groups is 1. The van der Waals surface area contributed by atoms with Gasteiger partial charge >= 0.3 is 5.97 Å². The van der Waals surface area contributed by atoms with Crippen LogP contribution >= 0.6 is 0 Å². The van der Waals surface area contributed by atoms with E-state index in [-0.39, 0.29) is 5.92 Å². The number of nitrogens with zero attached hydrogens (tertiary/aromatic N) is 3. The number of fused-ring (bicyclic) bond motifs is 2. The van der Waals surface area contributed by atoms with E-state index >= 15 is 0 Å². The zero-order chi connectivity index (χ0) is 15.1. The van der Waals surface area contributed by atoms with Gasteiger partial charge in [-0.2, -0.15) is 5.10 Å². The summed E-state index contributed by atoms with van der Waals surface area (Å²) in [6.45, 7) is 0. The molecule has 0 aromatic heterocycles. The molecule has 6 nitrogen and oxygen atoms in total. The standard InChI is InChI=1S/C16H18N4O2/c21-16(22)14-7-10-3-1-4-11-12-8-18-19-13(12)9-17-5-2-6-20(14)15(10)11/h2,5-6,8-10,12,14,19H,1,3-4,7H2,(H,21,22). The fourth-order valence-corrected chi connectivity index (χ4v) is 3.97. The number of carboxylic acids is 1. The van der Waals surface area contributed by atoms with Crippen LogP contribution in [0, 0.1) is 11.8 Å². The summed E-state index contributed by atoms with van der Waals surface area (Å²) in [7, 11) is 0. The Morgan fingerprint density at radius 3 is 3.23 bits per heavy atom. The van der Waals surface area contributed by atoms with Gasteiger partial charge in [0.05, 0.1) is 11.6 Å². The molecule has 0 aromatic rings. The molecule has 3 atom stereocenters. The van der Waals surface area contributed by atoms with Gasteiger partial charge < -0.3 is 10.0 Å². The quantitative estimate of drug-likeness (QED) is 0.774. The fraction of sp³-hybridized carbons (Fsp3) is 0.438. The average Bonchev–Trinajstić information content (AvgIpc) is 3.11. The van der Waals surface area contributed by atoms with Crippen LogP contribution in [0.25, 0.3) is 0 Å². The van der Waals surface area contributed by atoms with E-state index in [0.717, 1.165) is 25.0 Å². The Morgan fingerprint density at radius 1 is 1.45 bits per heavy atom. The van der Waals surface area contributed by atoms with Gasteiger partial charge in [0.15, 0.2) is 0 Å². The molecular weight excluding hydrogens is 280 g/mol. The number of hydrogen-bond donors (Lipinski definition) is 2. The Hall–Kier alpha value is -2.37. The van der Waals surface area contributed by atoms with Gasteiger partial charge in [-0.3, -0.25) is 10.4 Å². The first-order valence-corrected chi connectivity index (χ1v) is 7.69. The van der Waals surface area contributed by atoms with E-state index in [2.05, 4.69) is 15.5 Å². The van der Waals surface area contributed by atoms with Crippen LogP contribution in [-0.4, -0.2) is 34.4 Å². The molecule has 3 aliphatic heterocycles. The third kappa shape index (κ3) is 1.98. The van der Waals surface area contributed by atoms with Crippen LogP contribution in [0.1, 0.15) is 25.7 Å². The lowest BCUT2D eigenvalue weighted by Gasteiger charge is -2.31. The largest absolute Gasteiger partial charge is 0.480 e. The second-order valence-electron chi connectivity index (χ2n) is 6.09. The van der Waals surface area contributed by atoms with E-state index in [1.54, 1.807) is 12.4 Å². The van der Waals surface area contributed by atoms with Crippen LogP contribution in [0.15, 0.2) is 45.5 Å². The molecule has 6 heteroatoms. The molecule has 0 amide bonds. The lowest BCUT2D eigenvalue weighted by atomic mass is 9.81. The molecular formula is C16H18N4O2. The summed E-state index contributed by atoms with van der Waals surface area (Å²) in [5.74, 6) is -0.327. The minimum Gasteiger partial charge on any atom is -0.480 e. The van der Waals surface area contributed by atoms with Crippen molar-refractivity contribution in [2.45, 2.75) is 31.7 Å². The lowest BCUT2D eigenvalue weighted by Crippen LogP contribution is -2.32. The van der Waals surface area contributed by atoms with E-state index < -0.39 is 12.0 Å². The van der Waals surface area contributed by atoms with Gasteiger partial charge in [-0.05, 0) is 37.3 Å². The van der Waals surface area contributed by atoms with Crippen molar-refractivity contribution in [1.82, 2.24) is 10.3 Å². The van der Waals surface area contributed by atoms with Gasteiger partial charge in [0, 0.05) is 36.4 Å². The van der Waals surface area contributed by atoms with E-state index in [0.29, 0.717) is 12.3 Å². The topological polar surface area (TPSA) is 77.3 Å². The average molecular weight is 298 g/mol. The number of nitrogens with one attached hydrogen (secondary N) is 1. The molecule has 4 rings (SSSR count). The van der Waals surface area contributed by atoms with Crippen molar-refractivity contribution in [2.24, 2.45) is 21.9 Å². The highest BCUT2D eigenvalue weighted by molar-refractivity contribution is 5.78. The third-order valence-electron chi connectivity index (χ3n) is 4.88. The number of aliphatic imine (C=N–C) groups is 1. The number of carboxylic acid groups (broad SMARTS) is 1. The van der Waals surface area contributed by atoms with Crippen LogP contribution in [0.2, 0.25) is 0 Å². The number of allylic oxidation sites excluding steroid dienone is 3. The highest BCUT2D eigenvalue weighted by Crippen LogP contribution is 2.46. The summed E-state index contributed by atoms with van der Waals surface area (Å²) >= 11 is 0. The van der Waals surface area contributed by atoms with Crippen LogP contribution in [-0.2, 0) is 4.79 Å². The Kier molecular flexibility index (Phi) is 3.10. The molecule has 3 heterocycles. The van der Waals surface area contributed by atoms with E-state index in [9.17, 15) is 9.90 Å². The zero-order valence-electron chi connectivity index (χ0n) is 12.1. The van der Waals surface area contributed by atoms with Crippen molar-refractivity contribution < 1.29 is 9.90 Å². The molecule has 1 aliphatic carbocycles. The number of hydrazone groups is 1. The Morgan fingerprint density at radius 2 is 2.36 bits per heavy atom. The summed E-state index contributed by atoms with van der Waals surface area (Å²) in [5.41, 5.74) is 6.47. The molecule has 114 valence electrons. The molecule has 22 heavy (non-hydrogen) atoms. The molecule has 0 aromatic carbocycles. The fourth-order valence-electron chi connectivity index (χ4n) is 3.97. The van der Waals surface area contributed by atoms with Crippen molar-refractivity contribution in [3.63, 3.8) is 0 Å². The highest BCUT2D eigenvalue weighted by Gasteiger charge is 2.43. The van der Waals surface area contributed by atoms with Gasteiger partial charge in [-0.1, -0.05) is 0 Å². The van der Waals surface area contributed by atoms with E-state index in [1.165, 1.54) is 11.3 Å². The normalized spacial score (nSPS) is 32.5. The number of aliphatic carboxylic acids is 1. The first-order valence-electron chi connectivity index (χ1n) is 7.69.